The summed E-state index contributed by atoms with van der Waals surface area (Å²) in [5.41, 5.74) is 0. The van der Waals surface area contributed by atoms with Crippen LogP contribution in [0.2, 0.25) is 0 Å². The first kappa shape index (κ1) is 6.81. The summed E-state index contributed by atoms with van der Waals surface area (Å²) >= 11 is 2.45. The molecule has 0 amide bonds. The molecule has 0 aromatic carbocycles. The molecule has 0 N–H and O–H groups in total. The zero-order valence-electron chi connectivity index (χ0n) is 5.06. The first-order valence-electron chi connectivity index (χ1n) is 3.04. The predicted octanol–water partition coefficient (Wildman–Crippen LogP) is 1.99. The predicted molar refractivity (Wildman–Crippen MR) is 42.5 cm³/mol. The monoisotopic (exact) mass is 226 g/mol. The Morgan fingerprint density at radius 2 is 2.50 bits per heavy atom. The molecule has 0 spiro atoms. The van der Waals surface area contributed by atoms with Crippen molar-refractivity contribution in [1.29, 1.82) is 0 Å². The number of alkyl halides is 1. The summed E-state index contributed by atoms with van der Waals surface area (Å²) in [6, 6.07) is 0. The third-order valence-electron chi connectivity index (χ3n) is 1.29. The average Bonchev–Trinajstić information content (AvgIpc) is 2.41. The molecule has 0 aliphatic carbocycles. The van der Waals surface area contributed by atoms with Crippen molar-refractivity contribution in [2.45, 2.75) is 29.8 Å². The molecule has 0 radical (unpaired) electrons. The lowest BCUT2D eigenvalue weighted by Crippen LogP contribution is -1.92. The lowest BCUT2D eigenvalue weighted by molar-refractivity contribution is 0.392. The Labute approximate surface area is 63.9 Å². The summed E-state index contributed by atoms with van der Waals surface area (Å²) in [6.45, 7) is 3.26. The highest BCUT2D eigenvalue weighted by Gasteiger charge is 2.21. The molecule has 2 atom stereocenters. The van der Waals surface area contributed by atoms with Crippen molar-refractivity contribution in [1.82, 2.24) is 0 Å². The van der Waals surface area contributed by atoms with Gasteiger partial charge in [0.2, 0.25) is 0 Å². The third-order valence-corrected chi connectivity index (χ3v) is 1.91. The normalized spacial score (nSPS) is 30.0. The largest absolute Gasteiger partial charge is 0.373 e. The number of hydrogen-bond acceptors (Lipinski definition) is 1. The quantitative estimate of drug-likeness (QED) is 0.407. The molecule has 0 saturated carbocycles. The second-order valence-electron chi connectivity index (χ2n) is 2.31. The lowest BCUT2D eigenvalue weighted by Gasteiger charge is -1.97. The SMILES string of the molecule is CC(I)CCC1CO1. The van der Waals surface area contributed by atoms with Crippen LogP contribution in [0.1, 0.15) is 19.8 Å². The van der Waals surface area contributed by atoms with Crippen molar-refractivity contribution in [3.05, 3.63) is 0 Å². The fourth-order valence-corrected chi connectivity index (χ4v) is 1.01. The van der Waals surface area contributed by atoms with E-state index in [9.17, 15) is 0 Å². The molecular formula is C6H11IO. The van der Waals surface area contributed by atoms with Gasteiger partial charge in [-0.15, -0.1) is 0 Å². The number of epoxide rings is 1. The summed E-state index contributed by atoms with van der Waals surface area (Å²) in [5, 5.41) is 0. The van der Waals surface area contributed by atoms with Gasteiger partial charge < -0.3 is 4.74 Å². The minimum atomic E-state index is 0.632. The molecule has 1 heterocycles. The van der Waals surface area contributed by atoms with E-state index in [-0.39, 0.29) is 0 Å². The van der Waals surface area contributed by atoms with E-state index in [1.807, 2.05) is 0 Å². The van der Waals surface area contributed by atoms with Crippen LogP contribution in [0.3, 0.4) is 0 Å². The first-order valence-corrected chi connectivity index (χ1v) is 4.29. The molecule has 1 aliphatic heterocycles. The molecule has 1 nitrogen and oxygen atoms in total. The molecule has 1 rings (SSSR count). The zero-order chi connectivity index (χ0) is 5.98. The van der Waals surface area contributed by atoms with Gasteiger partial charge in [0, 0.05) is 3.92 Å². The number of ether oxygens (including phenoxy) is 1. The molecule has 1 saturated heterocycles. The molecule has 0 aromatic heterocycles. The fourth-order valence-electron chi connectivity index (χ4n) is 0.650. The van der Waals surface area contributed by atoms with Crippen LogP contribution in [0.15, 0.2) is 0 Å². The third kappa shape index (κ3) is 2.87. The maximum Gasteiger partial charge on any atom is 0.0810 e. The minimum absolute atomic E-state index is 0.632. The van der Waals surface area contributed by atoms with Crippen LogP contribution < -0.4 is 0 Å². The van der Waals surface area contributed by atoms with Crippen LogP contribution in [-0.4, -0.2) is 16.6 Å². The number of halogens is 1. The Hall–Kier alpha value is 0.690. The smallest absolute Gasteiger partial charge is 0.0810 e. The molecule has 0 aromatic rings. The maximum atomic E-state index is 5.06. The lowest BCUT2D eigenvalue weighted by atomic mass is 10.2. The van der Waals surface area contributed by atoms with Gasteiger partial charge in [-0.2, -0.15) is 0 Å². The van der Waals surface area contributed by atoms with Crippen LogP contribution in [-0.2, 0) is 4.74 Å². The van der Waals surface area contributed by atoms with Crippen molar-refractivity contribution in [3.8, 4) is 0 Å². The van der Waals surface area contributed by atoms with Crippen LogP contribution in [0.5, 0.6) is 0 Å². The molecule has 2 unspecified atom stereocenters. The molecule has 2 heteroatoms. The Morgan fingerprint density at radius 1 is 1.88 bits per heavy atom. The van der Waals surface area contributed by atoms with E-state index < -0.39 is 0 Å². The average molecular weight is 226 g/mol. The van der Waals surface area contributed by atoms with Gasteiger partial charge >= 0.3 is 0 Å². The molecule has 0 bridgehead atoms. The second kappa shape index (κ2) is 3.01. The highest BCUT2D eigenvalue weighted by atomic mass is 127. The van der Waals surface area contributed by atoms with E-state index in [0.29, 0.717) is 6.10 Å². The number of hydrogen-bond donors (Lipinski definition) is 0. The van der Waals surface area contributed by atoms with Gasteiger partial charge in [0.1, 0.15) is 0 Å². The van der Waals surface area contributed by atoms with Gasteiger partial charge in [-0.05, 0) is 12.8 Å². The summed E-state index contributed by atoms with van der Waals surface area (Å²) in [4.78, 5) is 0. The van der Waals surface area contributed by atoms with Crippen molar-refractivity contribution in [3.63, 3.8) is 0 Å². The van der Waals surface area contributed by atoms with E-state index in [1.165, 1.54) is 12.8 Å². The maximum absolute atomic E-state index is 5.06. The summed E-state index contributed by atoms with van der Waals surface area (Å²) in [6.07, 6.45) is 3.21. The topological polar surface area (TPSA) is 12.5 Å². The fraction of sp³-hybridized carbons (Fsp3) is 1.00. The van der Waals surface area contributed by atoms with Gasteiger partial charge in [0.15, 0.2) is 0 Å². The Bertz CT molecular complexity index is 66.9. The summed E-state index contributed by atoms with van der Waals surface area (Å²) in [5.74, 6) is 0. The van der Waals surface area contributed by atoms with Crippen molar-refractivity contribution in [2.75, 3.05) is 6.61 Å². The second-order valence-corrected chi connectivity index (χ2v) is 4.44. The van der Waals surface area contributed by atoms with Gasteiger partial charge in [-0.25, -0.2) is 0 Å². The van der Waals surface area contributed by atoms with Crippen LogP contribution in [0.4, 0.5) is 0 Å². The summed E-state index contributed by atoms with van der Waals surface area (Å²) in [7, 11) is 0. The van der Waals surface area contributed by atoms with Crippen LogP contribution >= 0.6 is 22.6 Å². The van der Waals surface area contributed by atoms with Crippen molar-refractivity contribution >= 4 is 22.6 Å². The Morgan fingerprint density at radius 3 is 2.88 bits per heavy atom. The van der Waals surface area contributed by atoms with Gasteiger partial charge in [-0.1, -0.05) is 29.5 Å². The zero-order valence-corrected chi connectivity index (χ0v) is 7.22. The van der Waals surface area contributed by atoms with Crippen LogP contribution in [0.25, 0.3) is 0 Å². The van der Waals surface area contributed by atoms with Crippen molar-refractivity contribution in [2.24, 2.45) is 0 Å². The minimum Gasteiger partial charge on any atom is -0.373 e. The van der Waals surface area contributed by atoms with E-state index in [4.69, 9.17) is 4.74 Å². The molecule has 8 heavy (non-hydrogen) atoms. The molecule has 1 aliphatic rings. The number of rotatable bonds is 3. The standard InChI is InChI=1S/C6H11IO/c1-5(7)2-3-6-4-8-6/h5-6H,2-4H2,1H3. The van der Waals surface area contributed by atoms with Gasteiger partial charge in [0.05, 0.1) is 12.7 Å². The first-order chi connectivity index (χ1) is 3.79. The van der Waals surface area contributed by atoms with Gasteiger partial charge in [-0.3, -0.25) is 0 Å². The van der Waals surface area contributed by atoms with E-state index in [2.05, 4.69) is 29.5 Å². The Kier molecular flexibility index (Phi) is 2.56. The molecule has 1 fully saturated rings. The summed E-state index contributed by atoms with van der Waals surface area (Å²) < 4.78 is 5.87. The van der Waals surface area contributed by atoms with Gasteiger partial charge in [0.25, 0.3) is 0 Å². The Balaban J connectivity index is 1.87. The highest BCUT2D eigenvalue weighted by molar-refractivity contribution is 14.1. The van der Waals surface area contributed by atoms with Crippen molar-refractivity contribution < 1.29 is 4.74 Å². The van der Waals surface area contributed by atoms with Crippen LogP contribution in [0, 0.1) is 0 Å². The van der Waals surface area contributed by atoms with E-state index >= 15 is 0 Å². The highest BCUT2D eigenvalue weighted by Crippen LogP contribution is 2.18. The molecular weight excluding hydrogens is 215 g/mol. The van der Waals surface area contributed by atoms with E-state index in [0.717, 1.165) is 10.5 Å². The molecule has 48 valence electrons. The van der Waals surface area contributed by atoms with E-state index in [1.54, 1.807) is 0 Å².